The van der Waals surface area contributed by atoms with Gasteiger partial charge in [0.15, 0.2) is 0 Å². The molecule has 0 aliphatic carbocycles. The van der Waals surface area contributed by atoms with Gasteiger partial charge >= 0.3 is 12.2 Å². The zero-order valence-corrected chi connectivity index (χ0v) is 24.1. The fraction of sp³-hybridized carbons (Fsp3) is 0.281. The van der Waals surface area contributed by atoms with Crippen molar-refractivity contribution in [1.29, 1.82) is 5.41 Å². The van der Waals surface area contributed by atoms with Gasteiger partial charge in [0.05, 0.1) is 5.56 Å². The Bertz CT molecular complexity index is 1470. The van der Waals surface area contributed by atoms with Crippen LogP contribution in [0.25, 0.3) is 0 Å². The van der Waals surface area contributed by atoms with E-state index in [0.29, 0.717) is 18.7 Å². The van der Waals surface area contributed by atoms with Gasteiger partial charge in [0.25, 0.3) is 5.91 Å². The summed E-state index contributed by atoms with van der Waals surface area (Å²) in [7, 11) is 0. The molecule has 4 amide bonds. The van der Waals surface area contributed by atoms with Gasteiger partial charge in [-0.2, -0.15) is 0 Å². The van der Waals surface area contributed by atoms with Crippen molar-refractivity contribution in [3.8, 4) is 5.75 Å². The number of benzene rings is 3. The number of hydrogen-bond acceptors (Lipinski definition) is 7. The smallest absolute Gasteiger partial charge is 0.415 e. The molecule has 0 aromatic heterocycles. The summed E-state index contributed by atoms with van der Waals surface area (Å²) in [6, 6.07) is 20.0. The van der Waals surface area contributed by atoms with Crippen LogP contribution in [0.1, 0.15) is 52.4 Å². The number of carbonyl (C=O) groups is 4. The zero-order valence-electron chi connectivity index (χ0n) is 24.1. The maximum absolute atomic E-state index is 13.0. The topological polar surface area (TPSA) is 150 Å². The average molecular weight is 586 g/mol. The molecule has 1 aliphatic heterocycles. The van der Waals surface area contributed by atoms with E-state index in [1.807, 2.05) is 37.3 Å². The molecule has 1 fully saturated rings. The number of amidine groups is 1. The Labute approximate surface area is 250 Å². The van der Waals surface area contributed by atoms with Crippen LogP contribution in [0, 0.1) is 12.3 Å². The highest BCUT2D eigenvalue weighted by atomic mass is 16.6. The molecule has 3 aromatic rings. The fourth-order valence-electron chi connectivity index (χ4n) is 4.37. The molecule has 4 N–H and O–H groups in total. The Balaban J connectivity index is 1.25. The molecule has 224 valence electrons. The van der Waals surface area contributed by atoms with Crippen molar-refractivity contribution in [2.24, 2.45) is 0 Å². The van der Waals surface area contributed by atoms with Crippen LogP contribution in [0.15, 0.2) is 72.8 Å². The number of aryl methyl sites for hydroxylation is 1. The van der Waals surface area contributed by atoms with E-state index in [2.05, 4.69) is 16.0 Å². The van der Waals surface area contributed by atoms with E-state index in [9.17, 15) is 19.2 Å². The van der Waals surface area contributed by atoms with Gasteiger partial charge in [0, 0.05) is 25.2 Å². The van der Waals surface area contributed by atoms with Crippen molar-refractivity contribution in [2.75, 3.05) is 13.1 Å². The third-order valence-electron chi connectivity index (χ3n) is 6.83. The summed E-state index contributed by atoms with van der Waals surface area (Å²) in [4.78, 5) is 51.9. The van der Waals surface area contributed by atoms with E-state index in [1.165, 1.54) is 0 Å². The van der Waals surface area contributed by atoms with Crippen molar-refractivity contribution < 1.29 is 28.7 Å². The van der Waals surface area contributed by atoms with Crippen LogP contribution >= 0.6 is 0 Å². The first-order chi connectivity index (χ1) is 20.7. The summed E-state index contributed by atoms with van der Waals surface area (Å²) in [6.45, 7) is 4.90. The summed E-state index contributed by atoms with van der Waals surface area (Å²) < 4.78 is 10.7. The number of likely N-dealkylation sites (tertiary alicyclic amines) is 1. The minimum Gasteiger partial charge on any atom is -0.444 e. The lowest BCUT2D eigenvalue weighted by molar-refractivity contribution is -0.122. The highest BCUT2D eigenvalue weighted by Crippen LogP contribution is 2.22. The molecule has 11 heteroatoms. The predicted molar refractivity (Wildman–Crippen MR) is 160 cm³/mol. The van der Waals surface area contributed by atoms with Gasteiger partial charge in [-0.3, -0.25) is 20.3 Å². The molecular formula is C32H35N5O6. The minimum atomic E-state index is -0.867. The fourth-order valence-corrected chi connectivity index (χ4v) is 4.37. The van der Waals surface area contributed by atoms with E-state index in [4.69, 9.17) is 14.9 Å². The van der Waals surface area contributed by atoms with Crippen LogP contribution in [0.2, 0.25) is 0 Å². The lowest BCUT2D eigenvalue weighted by Gasteiger charge is -2.18. The molecular weight excluding hydrogens is 550 g/mol. The van der Waals surface area contributed by atoms with Crippen LogP contribution in [-0.2, 0) is 22.7 Å². The second-order valence-electron chi connectivity index (χ2n) is 10.2. The molecule has 1 aliphatic rings. The largest absolute Gasteiger partial charge is 0.444 e. The number of alkyl carbamates (subject to hydrolysis) is 1. The normalized spacial score (nSPS) is 13.0. The first kappa shape index (κ1) is 30.8. The third kappa shape index (κ3) is 8.90. The van der Waals surface area contributed by atoms with E-state index in [1.54, 1.807) is 54.3 Å². The highest BCUT2D eigenvalue weighted by molar-refractivity contribution is 6.04. The summed E-state index contributed by atoms with van der Waals surface area (Å²) in [5.74, 6) is -0.923. The summed E-state index contributed by atoms with van der Waals surface area (Å²) in [5, 5.41) is 16.0. The van der Waals surface area contributed by atoms with Gasteiger partial charge in [-0.1, -0.05) is 66.2 Å². The van der Waals surface area contributed by atoms with E-state index in [-0.39, 0.29) is 30.3 Å². The highest BCUT2D eigenvalue weighted by Gasteiger charge is 2.24. The molecule has 0 bridgehead atoms. The molecule has 1 heterocycles. The minimum absolute atomic E-state index is 0.0931. The van der Waals surface area contributed by atoms with Crippen LogP contribution in [0.5, 0.6) is 5.75 Å². The predicted octanol–water partition coefficient (Wildman–Crippen LogP) is 4.28. The van der Waals surface area contributed by atoms with Crippen molar-refractivity contribution >= 4 is 29.8 Å². The summed E-state index contributed by atoms with van der Waals surface area (Å²) >= 11 is 0. The molecule has 3 aromatic carbocycles. The Morgan fingerprint density at radius 1 is 0.930 bits per heavy atom. The zero-order chi connectivity index (χ0) is 30.8. The van der Waals surface area contributed by atoms with Gasteiger partial charge in [-0.05, 0) is 49.9 Å². The SMILES string of the molecule is Cc1ccc(OC(=O)N2CCCC2)c(C(=O)N[C@@H](C)C(=O)NCc2ccc(C(=N)NC(=O)OCc3ccccc3)cc2)c1. The van der Waals surface area contributed by atoms with Crippen LogP contribution in [0.3, 0.4) is 0 Å². The molecule has 1 atom stereocenters. The van der Waals surface area contributed by atoms with Crippen LogP contribution in [0.4, 0.5) is 9.59 Å². The van der Waals surface area contributed by atoms with Crippen molar-refractivity contribution in [3.05, 3.63) is 101 Å². The number of amides is 4. The van der Waals surface area contributed by atoms with Crippen molar-refractivity contribution in [2.45, 2.75) is 45.9 Å². The standard InChI is InChI=1S/C32H35N5O6/c1-21-10-15-27(43-32(41)37-16-6-7-17-37)26(18-21)30(39)35-22(2)29(38)34-19-23-11-13-25(14-12-23)28(33)36-31(40)42-20-24-8-4-3-5-9-24/h3-5,8-15,18,22H,6-7,16-17,19-20H2,1-2H3,(H,34,38)(H,35,39)(H2,33,36,40)/t22-/m0/s1. The number of ether oxygens (including phenoxy) is 2. The molecule has 0 radical (unpaired) electrons. The summed E-state index contributed by atoms with van der Waals surface area (Å²) in [6.07, 6.45) is 0.602. The van der Waals surface area contributed by atoms with E-state index in [0.717, 1.165) is 29.5 Å². The first-order valence-corrected chi connectivity index (χ1v) is 14.0. The van der Waals surface area contributed by atoms with E-state index >= 15 is 0 Å². The molecule has 11 nitrogen and oxygen atoms in total. The third-order valence-corrected chi connectivity index (χ3v) is 6.83. The van der Waals surface area contributed by atoms with Crippen LogP contribution < -0.4 is 20.7 Å². The molecule has 0 spiro atoms. The Hall–Kier alpha value is -5.19. The first-order valence-electron chi connectivity index (χ1n) is 14.0. The van der Waals surface area contributed by atoms with Crippen molar-refractivity contribution in [1.82, 2.24) is 20.9 Å². The maximum atomic E-state index is 13.0. The molecule has 0 unspecified atom stereocenters. The lowest BCUT2D eigenvalue weighted by Crippen LogP contribution is -2.44. The molecule has 0 saturated carbocycles. The monoisotopic (exact) mass is 585 g/mol. The number of nitrogens with one attached hydrogen (secondary N) is 4. The van der Waals surface area contributed by atoms with Gasteiger partial charge in [0.1, 0.15) is 24.2 Å². The maximum Gasteiger partial charge on any atom is 0.415 e. The second-order valence-corrected chi connectivity index (χ2v) is 10.2. The number of carbonyl (C=O) groups excluding carboxylic acids is 4. The van der Waals surface area contributed by atoms with Gasteiger partial charge in [0.2, 0.25) is 5.91 Å². The Kier molecular flexibility index (Phi) is 10.5. The summed E-state index contributed by atoms with van der Waals surface area (Å²) in [5.41, 5.74) is 3.03. The lowest BCUT2D eigenvalue weighted by atomic mass is 10.1. The second kappa shape index (κ2) is 14.6. The van der Waals surface area contributed by atoms with Crippen molar-refractivity contribution in [3.63, 3.8) is 0 Å². The van der Waals surface area contributed by atoms with Crippen LogP contribution in [-0.4, -0.2) is 53.9 Å². The van der Waals surface area contributed by atoms with E-state index < -0.39 is 30.0 Å². The number of nitrogens with zero attached hydrogens (tertiary/aromatic N) is 1. The van der Waals surface area contributed by atoms with Gasteiger partial charge in [-0.25, -0.2) is 9.59 Å². The van der Waals surface area contributed by atoms with Gasteiger partial charge in [-0.15, -0.1) is 0 Å². The number of hydrogen-bond donors (Lipinski definition) is 4. The molecule has 1 saturated heterocycles. The molecule has 4 rings (SSSR count). The molecule has 43 heavy (non-hydrogen) atoms. The quantitative estimate of drug-likeness (QED) is 0.218. The Morgan fingerprint density at radius 2 is 1.63 bits per heavy atom. The average Bonchev–Trinajstić information content (AvgIpc) is 3.56. The number of rotatable bonds is 9. The Morgan fingerprint density at radius 3 is 2.33 bits per heavy atom. The van der Waals surface area contributed by atoms with Gasteiger partial charge < -0.3 is 25.0 Å².